The van der Waals surface area contributed by atoms with E-state index in [1.807, 2.05) is 19.1 Å². The highest BCUT2D eigenvalue weighted by molar-refractivity contribution is 5.84. The van der Waals surface area contributed by atoms with Gasteiger partial charge >= 0.3 is 5.97 Å². The van der Waals surface area contributed by atoms with Gasteiger partial charge in [-0.15, -0.1) is 0 Å². The number of hydrogen-bond acceptors (Lipinski definition) is 4. The fourth-order valence-corrected chi connectivity index (χ4v) is 1.69. The van der Waals surface area contributed by atoms with Crippen molar-refractivity contribution < 1.29 is 19.1 Å². The second-order valence-electron chi connectivity index (χ2n) is 4.29. The summed E-state index contributed by atoms with van der Waals surface area (Å²) in [4.78, 5) is 26.5. The predicted octanol–water partition coefficient (Wildman–Crippen LogP) is 1.54. The lowest BCUT2D eigenvalue weighted by atomic mass is 10.1. The molecule has 104 valence electrons. The summed E-state index contributed by atoms with van der Waals surface area (Å²) in [5, 5.41) is 11.4. The van der Waals surface area contributed by atoms with Gasteiger partial charge in [-0.05, 0) is 30.7 Å². The van der Waals surface area contributed by atoms with Crippen molar-refractivity contribution in [2.45, 2.75) is 19.9 Å². The van der Waals surface area contributed by atoms with Crippen LogP contribution in [0.5, 0.6) is 0 Å². The van der Waals surface area contributed by atoms with Crippen LogP contribution in [-0.4, -0.2) is 22.0 Å². The van der Waals surface area contributed by atoms with Crippen LogP contribution in [0.25, 0.3) is 0 Å². The predicted molar refractivity (Wildman–Crippen MR) is 70.2 cm³/mol. The van der Waals surface area contributed by atoms with Crippen molar-refractivity contribution in [3.63, 3.8) is 0 Å². The maximum absolute atomic E-state index is 11.8. The Balaban J connectivity index is 1.89. The second kappa shape index (κ2) is 6.01. The summed E-state index contributed by atoms with van der Waals surface area (Å²) in [7, 11) is 0. The van der Waals surface area contributed by atoms with Gasteiger partial charge in [0.15, 0.2) is 0 Å². The maximum atomic E-state index is 11.8. The van der Waals surface area contributed by atoms with E-state index in [0.29, 0.717) is 5.76 Å². The number of aromatic carboxylic acids is 1. The van der Waals surface area contributed by atoms with Crippen LogP contribution in [0.2, 0.25) is 0 Å². The van der Waals surface area contributed by atoms with Crippen LogP contribution < -0.4 is 5.32 Å². The Morgan fingerprint density at radius 2 is 2.15 bits per heavy atom. The monoisotopic (exact) mass is 274 g/mol. The molecule has 0 aliphatic carbocycles. The molecule has 0 aliphatic heterocycles. The van der Waals surface area contributed by atoms with Crippen molar-refractivity contribution in [2.24, 2.45) is 0 Å². The van der Waals surface area contributed by atoms with Gasteiger partial charge in [0, 0.05) is 6.20 Å². The number of aromatic nitrogens is 1. The van der Waals surface area contributed by atoms with Crippen LogP contribution in [0, 0.1) is 6.92 Å². The van der Waals surface area contributed by atoms with Crippen LogP contribution >= 0.6 is 0 Å². The summed E-state index contributed by atoms with van der Waals surface area (Å²) in [6.45, 7) is 2.04. The van der Waals surface area contributed by atoms with Crippen LogP contribution in [0.1, 0.15) is 27.6 Å². The lowest BCUT2D eigenvalue weighted by Crippen LogP contribution is -2.25. The molecule has 2 aromatic rings. The smallest absolute Gasteiger partial charge is 0.371 e. The molecule has 6 heteroatoms. The number of furan rings is 1. The molecule has 2 heterocycles. The molecule has 0 saturated carbocycles. The van der Waals surface area contributed by atoms with E-state index >= 15 is 0 Å². The van der Waals surface area contributed by atoms with Crippen molar-refractivity contribution in [1.82, 2.24) is 10.3 Å². The van der Waals surface area contributed by atoms with Crippen molar-refractivity contribution in [3.05, 3.63) is 53.2 Å². The Bertz CT molecular complexity index is 634. The third kappa shape index (κ3) is 3.44. The molecule has 0 spiro atoms. The summed E-state index contributed by atoms with van der Waals surface area (Å²) in [5.41, 5.74) is 1.67. The standard InChI is InChI=1S/C14H14N2O4/c1-9-3-2-6-15-11(9)7-13(17)16-8-10-4-5-12(20-10)14(18)19/h2-6H,7-8H2,1H3,(H,16,17)(H,18,19). The number of nitrogens with one attached hydrogen (secondary N) is 1. The average molecular weight is 274 g/mol. The minimum Gasteiger partial charge on any atom is -0.475 e. The number of carboxylic acid groups (broad SMARTS) is 1. The topological polar surface area (TPSA) is 92.4 Å². The van der Waals surface area contributed by atoms with Gasteiger partial charge in [0.05, 0.1) is 18.7 Å². The summed E-state index contributed by atoms with van der Waals surface area (Å²) in [6, 6.07) is 6.58. The van der Waals surface area contributed by atoms with Crippen LogP contribution in [0.3, 0.4) is 0 Å². The van der Waals surface area contributed by atoms with Gasteiger partial charge < -0.3 is 14.8 Å². The summed E-state index contributed by atoms with van der Waals surface area (Å²) in [5.74, 6) is -1.07. The third-order valence-electron chi connectivity index (χ3n) is 2.78. The molecule has 0 fully saturated rings. The fourth-order valence-electron chi connectivity index (χ4n) is 1.69. The van der Waals surface area contributed by atoms with E-state index in [9.17, 15) is 9.59 Å². The van der Waals surface area contributed by atoms with Crippen LogP contribution in [0.15, 0.2) is 34.9 Å². The lowest BCUT2D eigenvalue weighted by molar-refractivity contribution is -0.120. The maximum Gasteiger partial charge on any atom is 0.371 e. The molecule has 1 amide bonds. The molecule has 0 saturated heterocycles. The van der Waals surface area contributed by atoms with Crippen molar-refractivity contribution in [2.75, 3.05) is 0 Å². The Morgan fingerprint density at radius 3 is 2.80 bits per heavy atom. The number of carbonyl (C=O) groups excluding carboxylic acids is 1. The number of rotatable bonds is 5. The summed E-state index contributed by atoms with van der Waals surface area (Å²) >= 11 is 0. The first-order valence-corrected chi connectivity index (χ1v) is 6.05. The van der Waals surface area contributed by atoms with E-state index in [0.717, 1.165) is 11.3 Å². The van der Waals surface area contributed by atoms with Crippen LogP contribution in [0.4, 0.5) is 0 Å². The first-order chi connectivity index (χ1) is 9.56. The second-order valence-corrected chi connectivity index (χ2v) is 4.29. The Morgan fingerprint density at radius 1 is 1.35 bits per heavy atom. The minimum absolute atomic E-state index is 0.144. The normalized spacial score (nSPS) is 10.2. The molecule has 20 heavy (non-hydrogen) atoms. The van der Waals surface area contributed by atoms with E-state index in [-0.39, 0.29) is 24.6 Å². The molecule has 0 bridgehead atoms. The van der Waals surface area contributed by atoms with E-state index in [2.05, 4.69) is 10.3 Å². The SMILES string of the molecule is Cc1cccnc1CC(=O)NCc1ccc(C(=O)O)o1. The Kier molecular flexibility index (Phi) is 4.14. The van der Waals surface area contributed by atoms with Gasteiger partial charge in [0.25, 0.3) is 0 Å². The highest BCUT2D eigenvalue weighted by atomic mass is 16.4. The zero-order valence-electron chi connectivity index (χ0n) is 10.9. The number of carboxylic acids is 1. The van der Waals surface area contributed by atoms with E-state index in [1.165, 1.54) is 12.1 Å². The molecular weight excluding hydrogens is 260 g/mol. The molecular formula is C14H14N2O4. The number of aryl methyl sites for hydroxylation is 1. The van der Waals surface area contributed by atoms with Crippen LogP contribution in [-0.2, 0) is 17.8 Å². The molecule has 0 unspecified atom stereocenters. The number of nitrogens with zero attached hydrogens (tertiary/aromatic N) is 1. The van der Waals surface area contributed by atoms with Crippen molar-refractivity contribution in [3.8, 4) is 0 Å². The zero-order chi connectivity index (χ0) is 14.5. The van der Waals surface area contributed by atoms with Gasteiger partial charge in [0.1, 0.15) is 5.76 Å². The van der Waals surface area contributed by atoms with E-state index in [1.54, 1.807) is 6.20 Å². The van der Waals surface area contributed by atoms with Gasteiger partial charge in [-0.3, -0.25) is 9.78 Å². The van der Waals surface area contributed by atoms with E-state index in [4.69, 9.17) is 9.52 Å². The first-order valence-electron chi connectivity index (χ1n) is 6.05. The largest absolute Gasteiger partial charge is 0.475 e. The highest BCUT2D eigenvalue weighted by Crippen LogP contribution is 2.08. The number of amides is 1. The number of pyridine rings is 1. The summed E-state index contributed by atoms with van der Waals surface area (Å²) < 4.78 is 5.04. The summed E-state index contributed by atoms with van der Waals surface area (Å²) in [6.07, 6.45) is 1.82. The van der Waals surface area contributed by atoms with E-state index < -0.39 is 5.97 Å². The van der Waals surface area contributed by atoms with Gasteiger partial charge in [-0.1, -0.05) is 6.07 Å². The molecule has 2 rings (SSSR count). The third-order valence-corrected chi connectivity index (χ3v) is 2.78. The molecule has 0 aromatic carbocycles. The average Bonchev–Trinajstić information content (AvgIpc) is 2.88. The van der Waals surface area contributed by atoms with Gasteiger partial charge in [-0.25, -0.2) is 4.79 Å². The lowest BCUT2D eigenvalue weighted by Gasteiger charge is -2.05. The fraction of sp³-hybridized carbons (Fsp3) is 0.214. The number of carbonyl (C=O) groups is 2. The Hall–Kier alpha value is -2.63. The first kappa shape index (κ1) is 13.8. The zero-order valence-corrected chi connectivity index (χ0v) is 10.9. The van der Waals surface area contributed by atoms with Crippen molar-refractivity contribution >= 4 is 11.9 Å². The minimum atomic E-state index is -1.13. The highest BCUT2D eigenvalue weighted by Gasteiger charge is 2.11. The van der Waals surface area contributed by atoms with Gasteiger partial charge in [0.2, 0.25) is 11.7 Å². The molecule has 6 nitrogen and oxygen atoms in total. The molecule has 2 aromatic heterocycles. The molecule has 2 N–H and O–H groups in total. The quantitative estimate of drug-likeness (QED) is 0.862. The van der Waals surface area contributed by atoms with Crippen molar-refractivity contribution in [1.29, 1.82) is 0 Å². The molecule has 0 aliphatic rings. The Labute approximate surface area is 115 Å². The molecule has 0 atom stereocenters. The number of hydrogen-bond donors (Lipinski definition) is 2. The van der Waals surface area contributed by atoms with Gasteiger partial charge in [-0.2, -0.15) is 0 Å². The molecule has 0 radical (unpaired) electrons.